The van der Waals surface area contributed by atoms with Crippen LogP contribution in [0.15, 0.2) is 0 Å². The average Bonchev–Trinajstić information content (AvgIpc) is 1.75. The van der Waals surface area contributed by atoms with E-state index in [4.69, 9.17) is 0 Å². The predicted octanol–water partition coefficient (Wildman–Crippen LogP) is 4.49. The van der Waals surface area contributed by atoms with Crippen molar-refractivity contribution in [3.8, 4) is 0 Å². The lowest BCUT2D eigenvalue weighted by Gasteiger charge is -2.57. The monoisotopic (exact) mass is 182 g/mol. The smallest absolute Gasteiger partial charge is 0.0272 e. The van der Waals surface area contributed by atoms with Gasteiger partial charge in [-0.25, -0.2) is 0 Å². The van der Waals surface area contributed by atoms with Crippen molar-refractivity contribution in [2.75, 3.05) is 0 Å². The van der Waals surface area contributed by atoms with Gasteiger partial charge in [0.15, 0.2) is 0 Å². The SMILES string of the molecule is CC(C)(C)C1CC(C)(C(C)(C)C)C1. The van der Waals surface area contributed by atoms with E-state index in [0.29, 0.717) is 16.2 Å². The van der Waals surface area contributed by atoms with Gasteiger partial charge >= 0.3 is 0 Å². The molecule has 1 saturated carbocycles. The molecule has 78 valence electrons. The zero-order valence-electron chi connectivity index (χ0n) is 10.5. The van der Waals surface area contributed by atoms with Gasteiger partial charge in [-0.15, -0.1) is 0 Å². The van der Waals surface area contributed by atoms with Gasteiger partial charge in [-0.05, 0) is 35.0 Å². The molecule has 0 unspecified atom stereocenters. The fourth-order valence-electron chi connectivity index (χ4n) is 2.25. The fraction of sp³-hybridized carbons (Fsp3) is 1.00. The summed E-state index contributed by atoms with van der Waals surface area (Å²) in [5.41, 5.74) is 1.59. The van der Waals surface area contributed by atoms with Gasteiger partial charge in [-0.3, -0.25) is 0 Å². The third-order valence-corrected chi connectivity index (χ3v) is 4.43. The van der Waals surface area contributed by atoms with Gasteiger partial charge in [0, 0.05) is 0 Å². The molecule has 13 heavy (non-hydrogen) atoms. The fourth-order valence-corrected chi connectivity index (χ4v) is 2.25. The first kappa shape index (κ1) is 11.1. The highest BCUT2D eigenvalue weighted by molar-refractivity contribution is 5.00. The third-order valence-electron chi connectivity index (χ3n) is 4.43. The van der Waals surface area contributed by atoms with Crippen molar-refractivity contribution >= 4 is 0 Å². The molecule has 1 rings (SSSR count). The van der Waals surface area contributed by atoms with E-state index in [-0.39, 0.29) is 0 Å². The summed E-state index contributed by atoms with van der Waals surface area (Å²) in [6.07, 6.45) is 2.83. The Balaban J connectivity index is 2.58. The number of rotatable bonds is 0. The van der Waals surface area contributed by atoms with Crippen molar-refractivity contribution in [3.05, 3.63) is 0 Å². The summed E-state index contributed by atoms with van der Waals surface area (Å²) in [5.74, 6) is 0.941. The first-order valence-corrected chi connectivity index (χ1v) is 5.56. The minimum absolute atomic E-state index is 0.481. The quantitative estimate of drug-likeness (QED) is 0.517. The Labute approximate surface area is 84.1 Å². The molecule has 0 radical (unpaired) electrons. The average molecular weight is 182 g/mol. The molecule has 0 heterocycles. The molecule has 0 aromatic carbocycles. The largest absolute Gasteiger partial charge is 0.0599 e. The van der Waals surface area contributed by atoms with Crippen LogP contribution >= 0.6 is 0 Å². The van der Waals surface area contributed by atoms with Gasteiger partial charge in [-0.2, -0.15) is 0 Å². The Bertz CT molecular complexity index is 181. The van der Waals surface area contributed by atoms with E-state index in [9.17, 15) is 0 Å². The van der Waals surface area contributed by atoms with Crippen molar-refractivity contribution in [2.45, 2.75) is 61.3 Å². The molecule has 0 saturated heterocycles. The van der Waals surface area contributed by atoms with E-state index in [1.807, 2.05) is 0 Å². The molecule has 0 bridgehead atoms. The van der Waals surface area contributed by atoms with E-state index in [2.05, 4.69) is 48.5 Å². The highest BCUT2D eigenvalue weighted by Crippen LogP contribution is 2.60. The minimum Gasteiger partial charge on any atom is -0.0599 e. The van der Waals surface area contributed by atoms with Crippen LogP contribution in [0.3, 0.4) is 0 Å². The normalized spacial score (nSPS) is 35.8. The Kier molecular flexibility index (Phi) is 2.34. The zero-order valence-corrected chi connectivity index (χ0v) is 10.5. The molecule has 0 amide bonds. The molecule has 0 aromatic rings. The van der Waals surface area contributed by atoms with Crippen molar-refractivity contribution in [2.24, 2.45) is 22.2 Å². The number of hydrogen-bond donors (Lipinski definition) is 0. The molecule has 1 aliphatic rings. The molecule has 0 spiro atoms. The lowest BCUT2D eigenvalue weighted by Crippen LogP contribution is -2.48. The van der Waals surface area contributed by atoms with Crippen LogP contribution in [0.4, 0.5) is 0 Å². The van der Waals surface area contributed by atoms with Crippen molar-refractivity contribution < 1.29 is 0 Å². The summed E-state index contributed by atoms with van der Waals surface area (Å²) in [4.78, 5) is 0. The van der Waals surface area contributed by atoms with Gasteiger partial charge in [-0.1, -0.05) is 48.5 Å². The van der Waals surface area contributed by atoms with Crippen LogP contribution in [0.2, 0.25) is 0 Å². The first-order valence-electron chi connectivity index (χ1n) is 5.56. The Morgan fingerprint density at radius 1 is 0.923 bits per heavy atom. The first-order chi connectivity index (χ1) is 5.56. The summed E-state index contributed by atoms with van der Waals surface area (Å²) in [6, 6.07) is 0. The van der Waals surface area contributed by atoms with Gasteiger partial charge < -0.3 is 0 Å². The summed E-state index contributed by atoms with van der Waals surface area (Å²) in [6.45, 7) is 16.7. The van der Waals surface area contributed by atoms with Crippen LogP contribution in [0.1, 0.15) is 61.3 Å². The molecule has 0 nitrogen and oxygen atoms in total. The van der Waals surface area contributed by atoms with Crippen LogP contribution in [0.25, 0.3) is 0 Å². The van der Waals surface area contributed by atoms with Crippen LogP contribution in [-0.2, 0) is 0 Å². The summed E-state index contributed by atoms with van der Waals surface area (Å²) >= 11 is 0. The van der Waals surface area contributed by atoms with Gasteiger partial charge in [0.05, 0.1) is 0 Å². The van der Waals surface area contributed by atoms with E-state index in [0.717, 1.165) is 5.92 Å². The third kappa shape index (κ3) is 1.92. The van der Waals surface area contributed by atoms with Gasteiger partial charge in [0.2, 0.25) is 0 Å². The predicted molar refractivity (Wildman–Crippen MR) is 59.7 cm³/mol. The van der Waals surface area contributed by atoms with E-state index in [1.165, 1.54) is 12.8 Å². The maximum atomic E-state index is 2.45. The highest BCUT2D eigenvalue weighted by atomic mass is 14.6. The summed E-state index contributed by atoms with van der Waals surface area (Å²) in [7, 11) is 0. The summed E-state index contributed by atoms with van der Waals surface area (Å²) < 4.78 is 0. The van der Waals surface area contributed by atoms with Crippen molar-refractivity contribution in [1.29, 1.82) is 0 Å². The van der Waals surface area contributed by atoms with Crippen LogP contribution in [0, 0.1) is 22.2 Å². The summed E-state index contributed by atoms with van der Waals surface area (Å²) in [5, 5.41) is 0. The second kappa shape index (κ2) is 2.74. The topological polar surface area (TPSA) is 0 Å². The standard InChI is InChI=1S/C13H26/c1-11(2,3)10-8-13(7,9-10)12(4,5)6/h10H,8-9H2,1-7H3. The lowest BCUT2D eigenvalue weighted by atomic mass is 9.48. The maximum Gasteiger partial charge on any atom is -0.0272 e. The Morgan fingerprint density at radius 2 is 1.31 bits per heavy atom. The van der Waals surface area contributed by atoms with Gasteiger partial charge in [0.25, 0.3) is 0 Å². The molecular formula is C13H26. The molecule has 0 aromatic heterocycles. The van der Waals surface area contributed by atoms with Crippen LogP contribution in [0.5, 0.6) is 0 Å². The van der Waals surface area contributed by atoms with E-state index in [1.54, 1.807) is 0 Å². The molecule has 0 aliphatic heterocycles. The second-order valence-corrected chi connectivity index (χ2v) is 7.28. The van der Waals surface area contributed by atoms with Gasteiger partial charge in [0.1, 0.15) is 0 Å². The van der Waals surface area contributed by atoms with E-state index >= 15 is 0 Å². The maximum absolute atomic E-state index is 2.45. The van der Waals surface area contributed by atoms with Crippen molar-refractivity contribution in [1.82, 2.24) is 0 Å². The highest BCUT2D eigenvalue weighted by Gasteiger charge is 2.50. The molecule has 0 N–H and O–H groups in total. The zero-order chi connectivity index (χ0) is 10.5. The molecule has 1 aliphatic carbocycles. The van der Waals surface area contributed by atoms with E-state index < -0.39 is 0 Å². The second-order valence-electron chi connectivity index (χ2n) is 7.28. The minimum atomic E-state index is 0.481. The Morgan fingerprint density at radius 3 is 1.54 bits per heavy atom. The Hall–Kier alpha value is 0. The van der Waals surface area contributed by atoms with Crippen LogP contribution in [-0.4, -0.2) is 0 Å². The lowest BCUT2D eigenvalue weighted by molar-refractivity contribution is -0.0756. The van der Waals surface area contributed by atoms with Crippen LogP contribution < -0.4 is 0 Å². The molecular weight excluding hydrogens is 156 g/mol. The molecule has 0 atom stereocenters. The molecule has 0 heteroatoms. The van der Waals surface area contributed by atoms with Crippen molar-refractivity contribution in [3.63, 3.8) is 0 Å². The number of hydrogen-bond acceptors (Lipinski definition) is 0. The molecule has 1 fully saturated rings.